The second-order valence-corrected chi connectivity index (χ2v) is 7.41. The van der Waals surface area contributed by atoms with Crippen molar-refractivity contribution in [2.75, 3.05) is 20.3 Å². The second-order valence-electron chi connectivity index (χ2n) is 6.33. The number of rotatable bonds is 5. The largest absolute Gasteiger partial charge is 0.462 e. The fourth-order valence-corrected chi connectivity index (χ4v) is 4.42. The third-order valence-corrected chi connectivity index (χ3v) is 5.69. The Kier molecular flexibility index (Phi) is 5.01. The fraction of sp³-hybridized carbons (Fsp3) is 0.588. The minimum atomic E-state index is -0.704. The zero-order chi connectivity index (χ0) is 17.3. The molecule has 0 N–H and O–H groups in total. The third-order valence-electron chi connectivity index (χ3n) is 4.53. The Hall–Kier alpha value is -1.73. The van der Waals surface area contributed by atoms with Crippen LogP contribution in [-0.2, 0) is 27.1 Å². The van der Waals surface area contributed by atoms with Gasteiger partial charge < -0.3 is 9.47 Å². The van der Waals surface area contributed by atoms with Gasteiger partial charge in [-0.3, -0.25) is 9.36 Å². The van der Waals surface area contributed by atoms with Gasteiger partial charge in [-0.1, -0.05) is 6.92 Å². The molecule has 6 nitrogen and oxygen atoms in total. The minimum Gasteiger partial charge on any atom is -0.462 e. The number of aromatic nitrogens is 2. The molecule has 0 saturated heterocycles. The van der Waals surface area contributed by atoms with Crippen LogP contribution < -0.4 is 5.56 Å². The van der Waals surface area contributed by atoms with Gasteiger partial charge in [-0.2, -0.15) is 0 Å². The van der Waals surface area contributed by atoms with E-state index >= 15 is 0 Å². The highest BCUT2D eigenvalue weighted by Crippen LogP contribution is 2.35. The summed E-state index contributed by atoms with van der Waals surface area (Å²) in [6.45, 7) is 4.40. The Labute approximate surface area is 144 Å². The summed E-state index contributed by atoms with van der Waals surface area (Å²) in [6.07, 6.45) is 4.45. The molecule has 0 amide bonds. The van der Waals surface area contributed by atoms with E-state index in [-0.39, 0.29) is 12.2 Å². The molecule has 0 aliphatic heterocycles. The Morgan fingerprint density at radius 3 is 3.04 bits per heavy atom. The summed E-state index contributed by atoms with van der Waals surface area (Å²) in [5, 5.41) is 0.681. The van der Waals surface area contributed by atoms with Gasteiger partial charge in [0, 0.05) is 12.0 Å². The first kappa shape index (κ1) is 17.1. The lowest BCUT2D eigenvalue weighted by molar-refractivity contribution is -0.148. The first-order chi connectivity index (χ1) is 11.5. The van der Waals surface area contributed by atoms with Crippen LogP contribution in [0.3, 0.4) is 0 Å². The number of nitrogens with zero attached hydrogens (tertiary/aromatic N) is 2. The van der Waals surface area contributed by atoms with E-state index in [0.717, 1.165) is 29.7 Å². The molecule has 3 rings (SSSR count). The zero-order valence-corrected chi connectivity index (χ0v) is 15.0. The monoisotopic (exact) mass is 350 g/mol. The van der Waals surface area contributed by atoms with Crippen molar-refractivity contribution in [2.24, 2.45) is 5.92 Å². The lowest BCUT2D eigenvalue weighted by Gasteiger charge is -2.18. The van der Waals surface area contributed by atoms with E-state index in [1.807, 2.05) is 0 Å². The fourth-order valence-electron chi connectivity index (χ4n) is 3.08. The van der Waals surface area contributed by atoms with Gasteiger partial charge >= 0.3 is 5.97 Å². The standard InChI is InChI=1S/C17H22N2O4S/c1-10-4-5-12-13(8-10)24-15-14(12)16(20)19(9-18-15)11(2)17(21)23-7-6-22-3/h9-11H,4-8H2,1-3H3/t10-,11+/m0/s1. The molecule has 1 aliphatic carbocycles. The van der Waals surface area contributed by atoms with Crippen LogP contribution in [0.25, 0.3) is 10.2 Å². The van der Waals surface area contributed by atoms with Crippen molar-refractivity contribution in [1.82, 2.24) is 9.55 Å². The molecule has 7 heteroatoms. The molecule has 0 radical (unpaired) electrons. The molecule has 2 aromatic heterocycles. The molecule has 0 bridgehead atoms. The van der Waals surface area contributed by atoms with Crippen LogP contribution in [0.2, 0.25) is 0 Å². The number of fused-ring (bicyclic) bond motifs is 3. The highest BCUT2D eigenvalue weighted by Gasteiger charge is 2.25. The molecule has 24 heavy (non-hydrogen) atoms. The molecule has 1 aliphatic rings. The van der Waals surface area contributed by atoms with Crippen LogP contribution in [0.1, 0.15) is 36.8 Å². The van der Waals surface area contributed by atoms with Crippen molar-refractivity contribution < 1.29 is 14.3 Å². The van der Waals surface area contributed by atoms with Crippen LogP contribution in [0, 0.1) is 5.92 Å². The zero-order valence-electron chi connectivity index (χ0n) is 14.2. The van der Waals surface area contributed by atoms with Crippen molar-refractivity contribution in [3.63, 3.8) is 0 Å². The molecule has 130 valence electrons. The molecule has 0 unspecified atom stereocenters. The summed E-state index contributed by atoms with van der Waals surface area (Å²) in [6, 6.07) is -0.704. The van der Waals surface area contributed by atoms with Gasteiger partial charge in [0.05, 0.1) is 18.3 Å². The molecule has 0 saturated carbocycles. The average molecular weight is 350 g/mol. The number of esters is 1. The van der Waals surface area contributed by atoms with E-state index in [4.69, 9.17) is 9.47 Å². The van der Waals surface area contributed by atoms with Crippen molar-refractivity contribution >= 4 is 27.5 Å². The first-order valence-corrected chi connectivity index (χ1v) is 9.01. The maximum atomic E-state index is 12.9. The molecule has 0 spiro atoms. The van der Waals surface area contributed by atoms with Gasteiger partial charge in [-0.05, 0) is 37.7 Å². The minimum absolute atomic E-state index is 0.150. The van der Waals surface area contributed by atoms with Gasteiger partial charge in [0.2, 0.25) is 0 Å². The van der Waals surface area contributed by atoms with Crippen LogP contribution in [0.4, 0.5) is 0 Å². The van der Waals surface area contributed by atoms with Gasteiger partial charge in [-0.15, -0.1) is 11.3 Å². The number of carbonyl (C=O) groups is 1. The smallest absolute Gasteiger partial charge is 0.329 e. The first-order valence-electron chi connectivity index (χ1n) is 8.20. The summed E-state index contributed by atoms with van der Waals surface area (Å²) in [4.78, 5) is 31.5. The SMILES string of the molecule is COCCOC(=O)[C@@H](C)n1cnc2sc3c(c2c1=O)CC[C@H](C)C3. The number of thiophene rings is 1. The topological polar surface area (TPSA) is 70.4 Å². The van der Waals surface area contributed by atoms with Crippen LogP contribution in [-0.4, -0.2) is 35.8 Å². The maximum Gasteiger partial charge on any atom is 0.329 e. The Bertz CT molecular complexity index is 811. The number of methoxy groups -OCH3 is 1. The normalized spacial score (nSPS) is 18.4. The summed E-state index contributed by atoms with van der Waals surface area (Å²) >= 11 is 1.61. The predicted octanol–water partition coefficient (Wildman–Crippen LogP) is 2.33. The molecular weight excluding hydrogens is 328 g/mol. The molecule has 2 heterocycles. The van der Waals surface area contributed by atoms with Crippen molar-refractivity contribution in [1.29, 1.82) is 0 Å². The molecular formula is C17H22N2O4S. The number of carbonyl (C=O) groups excluding carboxylic acids is 1. The average Bonchev–Trinajstić information content (AvgIpc) is 2.92. The third kappa shape index (κ3) is 3.10. The van der Waals surface area contributed by atoms with Crippen LogP contribution in [0.5, 0.6) is 0 Å². The van der Waals surface area contributed by atoms with E-state index in [2.05, 4.69) is 11.9 Å². The summed E-state index contributed by atoms with van der Waals surface area (Å²) < 4.78 is 11.4. The number of ether oxygens (including phenoxy) is 2. The van der Waals surface area contributed by atoms with Crippen molar-refractivity contribution in [2.45, 2.75) is 39.2 Å². The number of hydrogen-bond donors (Lipinski definition) is 0. The second kappa shape index (κ2) is 7.03. The van der Waals surface area contributed by atoms with E-state index in [9.17, 15) is 9.59 Å². The Morgan fingerprint density at radius 2 is 2.29 bits per heavy atom. The van der Waals surface area contributed by atoms with Gasteiger partial charge in [0.25, 0.3) is 5.56 Å². The van der Waals surface area contributed by atoms with Crippen LogP contribution in [0.15, 0.2) is 11.1 Å². The van der Waals surface area contributed by atoms with E-state index in [1.54, 1.807) is 25.4 Å². The van der Waals surface area contributed by atoms with Crippen molar-refractivity contribution in [3.8, 4) is 0 Å². The molecule has 2 aromatic rings. The van der Waals surface area contributed by atoms with E-state index < -0.39 is 12.0 Å². The quantitative estimate of drug-likeness (QED) is 0.611. The van der Waals surface area contributed by atoms with E-state index in [0.29, 0.717) is 17.9 Å². The van der Waals surface area contributed by atoms with Gasteiger partial charge in [0.1, 0.15) is 17.5 Å². The number of hydrogen-bond acceptors (Lipinski definition) is 6. The molecule has 0 aromatic carbocycles. The summed E-state index contributed by atoms with van der Waals surface area (Å²) in [5.74, 6) is 0.190. The van der Waals surface area contributed by atoms with Crippen LogP contribution >= 0.6 is 11.3 Å². The molecule has 0 fully saturated rings. The predicted molar refractivity (Wildman–Crippen MR) is 92.6 cm³/mol. The highest BCUT2D eigenvalue weighted by molar-refractivity contribution is 7.18. The lowest BCUT2D eigenvalue weighted by atomic mass is 9.89. The van der Waals surface area contributed by atoms with E-state index in [1.165, 1.54) is 15.8 Å². The Balaban J connectivity index is 1.94. The summed E-state index contributed by atoms with van der Waals surface area (Å²) in [7, 11) is 1.54. The van der Waals surface area contributed by atoms with Gasteiger partial charge in [-0.25, -0.2) is 9.78 Å². The highest BCUT2D eigenvalue weighted by atomic mass is 32.1. The Morgan fingerprint density at radius 1 is 1.50 bits per heavy atom. The summed E-state index contributed by atoms with van der Waals surface area (Å²) in [5.41, 5.74) is 0.975. The maximum absolute atomic E-state index is 12.9. The molecule has 2 atom stereocenters. The lowest BCUT2D eigenvalue weighted by Crippen LogP contribution is -2.30. The van der Waals surface area contributed by atoms with Crippen molar-refractivity contribution in [3.05, 3.63) is 27.1 Å². The number of aryl methyl sites for hydroxylation is 1. The van der Waals surface area contributed by atoms with Gasteiger partial charge in [0.15, 0.2) is 0 Å².